The zero-order valence-electron chi connectivity index (χ0n) is 22.7. The second-order valence-corrected chi connectivity index (χ2v) is 12.5. The van der Waals surface area contributed by atoms with E-state index in [1.54, 1.807) is 0 Å². The Bertz CT molecular complexity index is 496. The van der Waals surface area contributed by atoms with Crippen molar-refractivity contribution in [2.45, 2.75) is 117 Å². The number of phosphoric acid groups is 1. The number of phosphoric ester groups is 1. The summed E-state index contributed by atoms with van der Waals surface area (Å²) in [6.45, 7) is 6.89. The van der Waals surface area contributed by atoms with E-state index < -0.39 is 13.9 Å². The lowest BCUT2D eigenvalue weighted by Crippen LogP contribution is -2.37. The molecule has 0 heterocycles. The van der Waals surface area contributed by atoms with Crippen molar-refractivity contribution >= 4 is 7.82 Å². The van der Waals surface area contributed by atoms with Gasteiger partial charge >= 0.3 is 0 Å². The van der Waals surface area contributed by atoms with E-state index in [4.69, 9.17) is 9.05 Å². The standard InChI is InChI=1S/C26H56NO5P/c1-7-8-9-10-11-12-13-14-15-16-17-18-19-20-26(28)25(24(2)3)23-32-33(29,30)31-22-21-27(4,5)6/h24-26,28H,7-23H2,1-6H3/t25-,26-/m1/s1. The summed E-state index contributed by atoms with van der Waals surface area (Å²) in [6, 6.07) is 0. The third kappa shape index (κ3) is 21.1. The maximum Gasteiger partial charge on any atom is 0.268 e. The lowest BCUT2D eigenvalue weighted by molar-refractivity contribution is -0.870. The van der Waals surface area contributed by atoms with Crippen LogP contribution in [0.1, 0.15) is 111 Å². The Morgan fingerprint density at radius 3 is 1.70 bits per heavy atom. The van der Waals surface area contributed by atoms with E-state index in [0.717, 1.165) is 12.8 Å². The first-order valence-electron chi connectivity index (χ1n) is 13.6. The van der Waals surface area contributed by atoms with Gasteiger partial charge in [0.25, 0.3) is 7.82 Å². The first kappa shape index (κ1) is 33.0. The topological polar surface area (TPSA) is 78.8 Å². The molecular formula is C26H56NO5P. The van der Waals surface area contributed by atoms with Crippen molar-refractivity contribution in [3.8, 4) is 0 Å². The summed E-state index contributed by atoms with van der Waals surface area (Å²) in [5.74, 6) is -0.0835. The Morgan fingerprint density at radius 2 is 1.27 bits per heavy atom. The average molecular weight is 494 g/mol. The van der Waals surface area contributed by atoms with E-state index in [2.05, 4.69) is 6.92 Å². The minimum atomic E-state index is -4.34. The molecule has 0 aromatic carbocycles. The maximum atomic E-state index is 12.0. The van der Waals surface area contributed by atoms with Crippen molar-refractivity contribution in [1.82, 2.24) is 0 Å². The second kappa shape index (κ2) is 19.2. The van der Waals surface area contributed by atoms with Gasteiger partial charge in [-0.2, -0.15) is 0 Å². The third-order valence-corrected chi connectivity index (χ3v) is 7.35. The summed E-state index contributed by atoms with van der Waals surface area (Å²) in [5, 5.41) is 10.6. The number of aliphatic hydroxyl groups is 1. The van der Waals surface area contributed by atoms with Gasteiger partial charge in [0.15, 0.2) is 0 Å². The fourth-order valence-corrected chi connectivity index (χ4v) is 4.71. The van der Waals surface area contributed by atoms with Crippen LogP contribution in [0.3, 0.4) is 0 Å². The first-order valence-corrected chi connectivity index (χ1v) is 15.0. The van der Waals surface area contributed by atoms with Gasteiger partial charge in [0, 0.05) is 5.92 Å². The zero-order chi connectivity index (χ0) is 25.2. The lowest BCUT2D eigenvalue weighted by Gasteiger charge is -2.31. The summed E-state index contributed by atoms with van der Waals surface area (Å²) in [6.07, 6.45) is 17.0. The van der Waals surface area contributed by atoms with Gasteiger partial charge in [0.1, 0.15) is 13.2 Å². The van der Waals surface area contributed by atoms with Gasteiger partial charge in [0.2, 0.25) is 0 Å². The van der Waals surface area contributed by atoms with Crippen LogP contribution >= 0.6 is 7.82 Å². The molecule has 0 radical (unpaired) electrons. The third-order valence-electron chi connectivity index (χ3n) is 6.39. The molecule has 33 heavy (non-hydrogen) atoms. The fourth-order valence-electron chi connectivity index (χ4n) is 3.97. The van der Waals surface area contributed by atoms with Crippen LogP contribution in [-0.2, 0) is 13.6 Å². The van der Waals surface area contributed by atoms with Gasteiger partial charge in [-0.25, -0.2) is 0 Å². The second-order valence-electron chi connectivity index (χ2n) is 11.1. The monoisotopic (exact) mass is 493 g/mol. The van der Waals surface area contributed by atoms with Gasteiger partial charge in [-0.15, -0.1) is 0 Å². The molecule has 0 bridgehead atoms. The quantitative estimate of drug-likeness (QED) is 0.103. The Kier molecular flexibility index (Phi) is 19.3. The molecule has 0 aromatic rings. The average Bonchev–Trinajstić information content (AvgIpc) is 2.70. The SMILES string of the molecule is CCCCCCCCCCCCCCC[C@@H](O)[C@H](COP(=O)([O-])OCC[N+](C)(C)C)C(C)C. The predicted molar refractivity (Wildman–Crippen MR) is 137 cm³/mol. The van der Waals surface area contributed by atoms with Crippen LogP contribution in [0, 0.1) is 11.8 Å². The molecular weight excluding hydrogens is 437 g/mol. The molecule has 0 aliphatic heterocycles. The minimum absolute atomic E-state index is 0.0254. The van der Waals surface area contributed by atoms with E-state index in [9.17, 15) is 14.6 Å². The highest BCUT2D eigenvalue weighted by Gasteiger charge is 2.25. The van der Waals surface area contributed by atoms with Gasteiger partial charge in [-0.1, -0.05) is 104 Å². The van der Waals surface area contributed by atoms with Crippen molar-refractivity contribution in [2.24, 2.45) is 11.8 Å². The van der Waals surface area contributed by atoms with Crippen LogP contribution in [0.2, 0.25) is 0 Å². The number of aliphatic hydroxyl groups excluding tert-OH is 1. The molecule has 6 nitrogen and oxygen atoms in total. The maximum absolute atomic E-state index is 12.0. The normalized spacial score (nSPS) is 16.2. The molecule has 3 atom stereocenters. The highest BCUT2D eigenvalue weighted by atomic mass is 31.2. The van der Waals surface area contributed by atoms with E-state index >= 15 is 0 Å². The Balaban J connectivity index is 3.92. The van der Waals surface area contributed by atoms with Crippen LogP contribution < -0.4 is 4.89 Å². The molecule has 0 aliphatic carbocycles. The molecule has 0 amide bonds. The molecule has 0 saturated heterocycles. The number of hydrogen-bond donors (Lipinski definition) is 1. The Morgan fingerprint density at radius 1 is 0.818 bits per heavy atom. The first-order chi connectivity index (χ1) is 15.5. The van der Waals surface area contributed by atoms with Crippen LogP contribution in [0.15, 0.2) is 0 Å². The smallest absolute Gasteiger partial charge is 0.268 e. The fraction of sp³-hybridized carbons (Fsp3) is 1.00. The number of hydrogen-bond acceptors (Lipinski definition) is 5. The molecule has 0 aliphatic rings. The van der Waals surface area contributed by atoms with Crippen molar-refractivity contribution in [2.75, 3.05) is 40.9 Å². The predicted octanol–water partition coefficient (Wildman–Crippen LogP) is 6.31. The lowest BCUT2D eigenvalue weighted by atomic mass is 9.88. The van der Waals surface area contributed by atoms with Crippen LogP contribution in [0.25, 0.3) is 0 Å². The van der Waals surface area contributed by atoms with Crippen LogP contribution in [0.4, 0.5) is 0 Å². The van der Waals surface area contributed by atoms with E-state index in [1.165, 1.54) is 70.6 Å². The van der Waals surface area contributed by atoms with E-state index in [0.29, 0.717) is 17.4 Å². The van der Waals surface area contributed by atoms with E-state index in [1.807, 2.05) is 35.0 Å². The van der Waals surface area contributed by atoms with Gasteiger partial charge < -0.3 is 23.5 Å². The highest BCUT2D eigenvalue weighted by Crippen LogP contribution is 2.39. The highest BCUT2D eigenvalue weighted by molar-refractivity contribution is 7.45. The Hall–Kier alpha value is 0.0300. The molecule has 1 N–H and O–H groups in total. The molecule has 0 rings (SSSR count). The molecule has 0 spiro atoms. The van der Waals surface area contributed by atoms with Crippen molar-refractivity contribution in [3.05, 3.63) is 0 Å². The minimum Gasteiger partial charge on any atom is -0.756 e. The number of unbranched alkanes of at least 4 members (excludes halogenated alkanes) is 12. The van der Waals surface area contributed by atoms with Crippen LogP contribution in [-0.4, -0.2) is 56.6 Å². The van der Waals surface area contributed by atoms with Crippen molar-refractivity contribution in [1.29, 1.82) is 0 Å². The molecule has 0 aromatic heterocycles. The largest absolute Gasteiger partial charge is 0.756 e. The molecule has 200 valence electrons. The molecule has 0 fully saturated rings. The number of rotatable bonds is 23. The van der Waals surface area contributed by atoms with Crippen molar-refractivity contribution in [3.63, 3.8) is 0 Å². The number of nitrogens with zero attached hydrogens (tertiary/aromatic N) is 1. The van der Waals surface area contributed by atoms with Gasteiger partial charge in [0.05, 0.1) is 33.9 Å². The summed E-state index contributed by atoms with van der Waals surface area (Å²) < 4.78 is 22.8. The molecule has 1 unspecified atom stereocenters. The van der Waals surface area contributed by atoms with Crippen LogP contribution in [0.5, 0.6) is 0 Å². The summed E-state index contributed by atoms with van der Waals surface area (Å²) in [4.78, 5) is 12.0. The summed E-state index contributed by atoms with van der Waals surface area (Å²) >= 11 is 0. The van der Waals surface area contributed by atoms with Crippen molar-refractivity contribution < 1.29 is 28.1 Å². The van der Waals surface area contributed by atoms with Gasteiger partial charge in [-0.05, 0) is 12.3 Å². The molecule has 7 heteroatoms. The van der Waals surface area contributed by atoms with Gasteiger partial charge in [-0.3, -0.25) is 4.57 Å². The summed E-state index contributed by atoms with van der Waals surface area (Å²) in [5.41, 5.74) is 0. The Labute approximate surface area is 205 Å². The number of likely N-dealkylation sites (N-methyl/N-ethyl adjacent to an activating group) is 1. The summed E-state index contributed by atoms with van der Waals surface area (Å²) in [7, 11) is 1.58. The van der Waals surface area contributed by atoms with E-state index in [-0.39, 0.29) is 25.0 Å². The number of quaternary nitrogens is 1. The zero-order valence-corrected chi connectivity index (χ0v) is 23.6. The molecule has 0 saturated carbocycles.